The van der Waals surface area contributed by atoms with Crippen molar-refractivity contribution >= 4 is 33.6 Å². The number of hydrogen-bond donors (Lipinski definition) is 0. The van der Waals surface area contributed by atoms with Gasteiger partial charge in [-0.25, -0.2) is 9.67 Å². The first kappa shape index (κ1) is 13.2. The molecule has 3 rings (SSSR count). The lowest BCUT2D eigenvalue weighted by Gasteiger charge is -2.00. The van der Waals surface area contributed by atoms with Crippen LogP contribution in [0.25, 0.3) is 16.4 Å². The van der Waals surface area contributed by atoms with Crippen LogP contribution in [0.4, 0.5) is 0 Å². The van der Waals surface area contributed by atoms with Gasteiger partial charge in [-0.3, -0.25) is 4.79 Å². The molecule has 100 valence electrons. The largest absolute Gasteiger partial charge is 0.298 e. The Kier molecular flexibility index (Phi) is 3.50. The highest BCUT2D eigenvalue weighted by Gasteiger charge is 2.15. The maximum atomic E-state index is 11.3. The minimum atomic E-state index is 0.552. The van der Waals surface area contributed by atoms with Crippen molar-refractivity contribution in [2.45, 2.75) is 6.92 Å². The van der Waals surface area contributed by atoms with Crippen LogP contribution in [0.5, 0.6) is 0 Å². The van der Waals surface area contributed by atoms with Crippen molar-refractivity contribution in [2.75, 3.05) is 0 Å². The van der Waals surface area contributed by atoms with E-state index >= 15 is 0 Å². The first-order valence-corrected chi connectivity index (χ1v) is 7.57. The number of carbonyl (C=O) groups excluding carboxylic acids is 1. The van der Waals surface area contributed by atoms with E-state index in [0.29, 0.717) is 17.1 Å². The molecule has 0 unspecified atom stereocenters. The zero-order valence-corrected chi connectivity index (χ0v) is 13.0. The van der Waals surface area contributed by atoms with E-state index in [4.69, 9.17) is 0 Å². The standard InChI is InChI=1S/C14H10BrN3OS/c1-9-2-4-16-12(6-9)18-7-10(8-19)13(17-18)14-11(15)3-5-20-14/h2-8H,1H3. The molecule has 0 aliphatic heterocycles. The molecule has 0 saturated heterocycles. The average Bonchev–Trinajstić information content (AvgIpc) is 3.04. The molecule has 0 radical (unpaired) electrons. The predicted octanol–water partition coefficient (Wildman–Crippen LogP) is 3.88. The van der Waals surface area contributed by atoms with Crippen LogP contribution in [0.1, 0.15) is 15.9 Å². The van der Waals surface area contributed by atoms with Crippen LogP contribution in [-0.4, -0.2) is 21.1 Å². The van der Waals surface area contributed by atoms with Gasteiger partial charge in [0.15, 0.2) is 12.1 Å². The normalized spacial score (nSPS) is 10.7. The highest BCUT2D eigenvalue weighted by molar-refractivity contribution is 9.10. The summed E-state index contributed by atoms with van der Waals surface area (Å²) >= 11 is 5.01. The second-order valence-corrected chi connectivity index (χ2v) is 6.05. The predicted molar refractivity (Wildman–Crippen MR) is 82.5 cm³/mol. The van der Waals surface area contributed by atoms with Crippen molar-refractivity contribution in [1.82, 2.24) is 14.8 Å². The number of aldehydes is 1. The summed E-state index contributed by atoms with van der Waals surface area (Å²) in [5.41, 5.74) is 2.32. The van der Waals surface area contributed by atoms with E-state index in [0.717, 1.165) is 21.2 Å². The summed E-state index contributed by atoms with van der Waals surface area (Å²) in [4.78, 5) is 16.5. The van der Waals surface area contributed by atoms with Gasteiger partial charge in [0.2, 0.25) is 0 Å². The Balaban J connectivity index is 2.14. The summed E-state index contributed by atoms with van der Waals surface area (Å²) < 4.78 is 2.58. The van der Waals surface area contributed by atoms with Gasteiger partial charge in [0, 0.05) is 16.9 Å². The van der Waals surface area contributed by atoms with Crippen LogP contribution in [0, 0.1) is 6.92 Å². The van der Waals surface area contributed by atoms with Gasteiger partial charge < -0.3 is 0 Å². The molecule has 0 aliphatic carbocycles. The van der Waals surface area contributed by atoms with Crippen LogP contribution < -0.4 is 0 Å². The quantitative estimate of drug-likeness (QED) is 0.675. The smallest absolute Gasteiger partial charge is 0.153 e. The van der Waals surface area contributed by atoms with Crippen molar-refractivity contribution < 1.29 is 4.79 Å². The minimum absolute atomic E-state index is 0.552. The average molecular weight is 348 g/mol. The molecule has 0 fully saturated rings. The van der Waals surface area contributed by atoms with Crippen LogP contribution in [0.2, 0.25) is 0 Å². The van der Waals surface area contributed by atoms with Gasteiger partial charge >= 0.3 is 0 Å². The number of carbonyl (C=O) groups is 1. The van der Waals surface area contributed by atoms with Gasteiger partial charge in [-0.1, -0.05) is 0 Å². The maximum absolute atomic E-state index is 11.3. The van der Waals surface area contributed by atoms with Crippen LogP contribution in [0.3, 0.4) is 0 Å². The monoisotopic (exact) mass is 347 g/mol. The van der Waals surface area contributed by atoms with E-state index in [2.05, 4.69) is 26.0 Å². The summed E-state index contributed by atoms with van der Waals surface area (Å²) in [6.45, 7) is 1.99. The molecule has 20 heavy (non-hydrogen) atoms. The zero-order chi connectivity index (χ0) is 14.1. The lowest BCUT2D eigenvalue weighted by atomic mass is 10.2. The number of aromatic nitrogens is 3. The third kappa shape index (κ3) is 2.32. The molecule has 6 heteroatoms. The fourth-order valence-corrected chi connectivity index (χ4v) is 3.44. The number of thiophene rings is 1. The molecule has 3 aromatic rings. The van der Waals surface area contributed by atoms with E-state index in [1.165, 1.54) is 0 Å². The van der Waals surface area contributed by atoms with E-state index in [1.54, 1.807) is 28.4 Å². The molecule has 0 aliphatic rings. The summed E-state index contributed by atoms with van der Waals surface area (Å²) in [5, 5.41) is 6.46. The summed E-state index contributed by atoms with van der Waals surface area (Å²) in [5.74, 6) is 0.701. The first-order valence-electron chi connectivity index (χ1n) is 5.90. The second kappa shape index (κ2) is 5.30. The van der Waals surface area contributed by atoms with Gasteiger partial charge in [-0.05, 0) is 52.0 Å². The third-order valence-corrected chi connectivity index (χ3v) is 4.68. The van der Waals surface area contributed by atoms with Gasteiger partial charge in [-0.2, -0.15) is 5.10 Å². The van der Waals surface area contributed by atoms with E-state index in [9.17, 15) is 4.79 Å². The number of pyridine rings is 1. The lowest BCUT2D eigenvalue weighted by Crippen LogP contribution is -1.98. The molecule has 3 aromatic heterocycles. The minimum Gasteiger partial charge on any atom is -0.298 e. The van der Waals surface area contributed by atoms with Crippen LogP contribution in [-0.2, 0) is 0 Å². The summed E-state index contributed by atoms with van der Waals surface area (Å²) in [7, 11) is 0. The number of nitrogens with zero attached hydrogens (tertiary/aromatic N) is 3. The van der Waals surface area contributed by atoms with E-state index in [1.807, 2.05) is 30.5 Å². The summed E-state index contributed by atoms with van der Waals surface area (Å²) in [6.07, 6.45) is 4.25. The van der Waals surface area contributed by atoms with Crippen molar-refractivity contribution in [3.8, 4) is 16.4 Å². The molecule has 3 heterocycles. The molecule has 0 saturated carbocycles. The Morgan fingerprint density at radius 2 is 2.25 bits per heavy atom. The molecule has 0 amide bonds. The fraction of sp³-hybridized carbons (Fsp3) is 0.0714. The van der Waals surface area contributed by atoms with Gasteiger partial charge in [0.25, 0.3) is 0 Å². The molecule has 0 atom stereocenters. The SMILES string of the molecule is Cc1ccnc(-n2cc(C=O)c(-c3sccc3Br)n2)c1. The van der Waals surface area contributed by atoms with E-state index in [-0.39, 0.29) is 0 Å². The molecular weight excluding hydrogens is 338 g/mol. The van der Waals surface area contributed by atoms with Crippen LogP contribution >= 0.6 is 27.3 Å². The topological polar surface area (TPSA) is 47.8 Å². The Morgan fingerprint density at radius 1 is 1.40 bits per heavy atom. The third-order valence-electron chi connectivity index (χ3n) is 2.84. The number of aryl methyl sites for hydroxylation is 1. The Labute approximate surface area is 128 Å². The van der Waals surface area contributed by atoms with Crippen molar-refractivity contribution in [1.29, 1.82) is 0 Å². The van der Waals surface area contributed by atoms with Gasteiger partial charge in [0.05, 0.1) is 10.4 Å². The Hall–Kier alpha value is -1.79. The fourth-order valence-electron chi connectivity index (χ4n) is 1.88. The van der Waals surface area contributed by atoms with Gasteiger partial charge in [0.1, 0.15) is 5.69 Å². The zero-order valence-electron chi connectivity index (χ0n) is 10.6. The Morgan fingerprint density at radius 3 is 2.90 bits per heavy atom. The molecular formula is C14H10BrN3OS. The molecule has 4 nitrogen and oxygen atoms in total. The first-order chi connectivity index (χ1) is 9.69. The van der Waals surface area contributed by atoms with E-state index < -0.39 is 0 Å². The molecule has 0 spiro atoms. The highest BCUT2D eigenvalue weighted by atomic mass is 79.9. The molecule has 0 N–H and O–H groups in total. The second-order valence-electron chi connectivity index (χ2n) is 4.28. The number of rotatable bonds is 3. The lowest BCUT2D eigenvalue weighted by molar-refractivity contribution is 0.112. The molecule has 0 aromatic carbocycles. The number of halogens is 1. The maximum Gasteiger partial charge on any atom is 0.153 e. The molecule has 0 bridgehead atoms. The van der Waals surface area contributed by atoms with Crippen LogP contribution in [0.15, 0.2) is 40.4 Å². The number of hydrogen-bond acceptors (Lipinski definition) is 4. The van der Waals surface area contributed by atoms with Gasteiger partial charge in [-0.15, -0.1) is 11.3 Å². The van der Waals surface area contributed by atoms with Crippen molar-refractivity contribution in [3.05, 3.63) is 51.6 Å². The Bertz CT molecular complexity index is 778. The highest BCUT2D eigenvalue weighted by Crippen LogP contribution is 2.34. The van der Waals surface area contributed by atoms with Crippen molar-refractivity contribution in [2.24, 2.45) is 0 Å². The van der Waals surface area contributed by atoms with Crippen molar-refractivity contribution in [3.63, 3.8) is 0 Å². The summed E-state index contributed by atoms with van der Waals surface area (Å²) in [6, 6.07) is 5.79.